The zero-order valence-electron chi connectivity index (χ0n) is 17.5. The highest BCUT2D eigenvalue weighted by molar-refractivity contribution is 6.09. The Labute approximate surface area is 172 Å². The zero-order chi connectivity index (χ0) is 21.1. The van der Waals surface area contributed by atoms with E-state index in [9.17, 15) is 10.1 Å². The second kappa shape index (κ2) is 8.20. The van der Waals surface area contributed by atoms with Crippen molar-refractivity contribution in [3.8, 4) is 11.8 Å². The Morgan fingerprint density at radius 2 is 1.76 bits per heavy atom. The van der Waals surface area contributed by atoms with Crippen molar-refractivity contribution in [1.82, 2.24) is 4.57 Å². The number of rotatable bonds is 4. The van der Waals surface area contributed by atoms with Crippen LogP contribution in [0.2, 0.25) is 0 Å². The summed E-state index contributed by atoms with van der Waals surface area (Å²) in [4.78, 5) is 12.7. The second-order valence-electron chi connectivity index (χ2n) is 7.42. The summed E-state index contributed by atoms with van der Waals surface area (Å²) in [6.07, 6.45) is 1.66. The fraction of sp³-hybridized carbons (Fsp3) is 0.200. The minimum Gasteiger partial charge on any atom is -0.321 e. The Hall–Kier alpha value is -3.58. The monoisotopic (exact) mass is 383 g/mol. The topological polar surface area (TPSA) is 57.8 Å². The van der Waals surface area contributed by atoms with Crippen molar-refractivity contribution in [2.24, 2.45) is 0 Å². The van der Waals surface area contributed by atoms with Crippen molar-refractivity contribution >= 4 is 17.7 Å². The van der Waals surface area contributed by atoms with Gasteiger partial charge < -0.3 is 9.88 Å². The van der Waals surface area contributed by atoms with Crippen molar-refractivity contribution in [3.63, 3.8) is 0 Å². The number of amides is 1. The summed E-state index contributed by atoms with van der Waals surface area (Å²) in [5.74, 6) is -0.406. The maximum Gasteiger partial charge on any atom is 0.266 e. The van der Waals surface area contributed by atoms with Crippen LogP contribution in [0.3, 0.4) is 0 Å². The van der Waals surface area contributed by atoms with Gasteiger partial charge in [0, 0.05) is 22.8 Å². The Morgan fingerprint density at radius 1 is 1.00 bits per heavy atom. The number of carbonyl (C=O) groups is 1. The molecule has 0 atom stereocenters. The number of benzene rings is 2. The highest BCUT2D eigenvalue weighted by Gasteiger charge is 2.14. The number of nitriles is 1. The van der Waals surface area contributed by atoms with Gasteiger partial charge in [-0.25, -0.2) is 0 Å². The number of anilines is 1. The van der Waals surface area contributed by atoms with Gasteiger partial charge in [0.15, 0.2) is 0 Å². The number of carbonyl (C=O) groups excluding carboxylic acids is 1. The maximum absolute atomic E-state index is 12.7. The molecular weight excluding hydrogens is 358 g/mol. The van der Waals surface area contributed by atoms with Crippen LogP contribution in [0, 0.1) is 45.9 Å². The molecule has 29 heavy (non-hydrogen) atoms. The standard InChI is InChI=1S/C25H25N3O/c1-16-7-6-8-24(11-16)28-19(4)13-21(20(28)5)14-22(15-26)25(29)27-23-10-9-17(2)18(3)12-23/h6-14H,1-5H3,(H,27,29)/b22-14-. The Balaban J connectivity index is 1.93. The van der Waals surface area contributed by atoms with Crippen molar-refractivity contribution in [3.05, 3.63) is 87.7 Å². The van der Waals surface area contributed by atoms with Crippen LogP contribution in [-0.4, -0.2) is 10.5 Å². The summed E-state index contributed by atoms with van der Waals surface area (Å²) in [5, 5.41) is 12.4. The van der Waals surface area contributed by atoms with Gasteiger partial charge in [-0.1, -0.05) is 18.2 Å². The predicted octanol–water partition coefficient (Wildman–Crippen LogP) is 5.57. The largest absolute Gasteiger partial charge is 0.321 e. The summed E-state index contributed by atoms with van der Waals surface area (Å²) in [7, 11) is 0. The van der Waals surface area contributed by atoms with Crippen LogP contribution in [0.4, 0.5) is 5.69 Å². The highest BCUT2D eigenvalue weighted by Crippen LogP contribution is 2.24. The van der Waals surface area contributed by atoms with Gasteiger partial charge in [0.05, 0.1) is 0 Å². The second-order valence-corrected chi connectivity index (χ2v) is 7.42. The third-order valence-electron chi connectivity index (χ3n) is 5.16. The number of nitrogens with zero attached hydrogens (tertiary/aromatic N) is 2. The quantitative estimate of drug-likeness (QED) is 0.473. The minimum absolute atomic E-state index is 0.0766. The molecule has 0 bridgehead atoms. The average Bonchev–Trinajstić information content (AvgIpc) is 2.95. The predicted molar refractivity (Wildman–Crippen MR) is 118 cm³/mol. The van der Waals surface area contributed by atoms with Crippen LogP contribution in [-0.2, 0) is 4.79 Å². The molecular formula is C25H25N3O. The molecule has 0 spiro atoms. The molecule has 0 unspecified atom stereocenters. The summed E-state index contributed by atoms with van der Waals surface area (Å²) in [6.45, 7) is 10.1. The molecule has 1 aromatic heterocycles. The van der Waals surface area contributed by atoms with Crippen LogP contribution >= 0.6 is 0 Å². The lowest BCUT2D eigenvalue weighted by molar-refractivity contribution is -0.112. The molecule has 3 rings (SSSR count). The van der Waals surface area contributed by atoms with Crippen LogP contribution in [0.15, 0.2) is 54.1 Å². The Bertz CT molecular complexity index is 1160. The Morgan fingerprint density at radius 3 is 2.41 bits per heavy atom. The first-order chi connectivity index (χ1) is 13.8. The molecule has 4 heteroatoms. The van der Waals surface area contributed by atoms with E-state index < -0.39 is 5.91 Å². The molecule has 0 aliphatic rings. The van der Waals surface area contributed by atoms with Crippen LogP contribution < -0.4 is 5.32 Å². The molecule has 2 aromatic carbocycles. The van der Waals surface area contributed by atoms with Gasteiger partial charge in [0.2, 0.25) is 0 Å². The number of aryl methyl sites for hydroxylation is 4. The normalized spacial score (nSPS) is 11.2. The van der Waals surface area contributed by atoms with Crippen molar-refractivity contribution in [2.45, 2.75) is 34.6 Å². The van der Waals surface area contributed by atoms with Gasteiger partial charge in [0.1, 0.15) is 11.6 Å². The molecule has 1 N–H and O–H groups in total. The summed E-state index contributed by atoms with van der Waals surface area (Å²) >= 11 is 0. The lowest BCUT2D eigenvalue weighted by Crippen LogP contribution is -2.13. The molecule has 3 aromatic rings. The molecule has 1 heterocycles. The highest BCUT2D eigenvalue weighted by atomic mass is 16.1. The fourth-order valence-electron chi connectivity index (χ4n) is 3.42. The molecule has 4 nitrogen and oxygen atoms in total. The van der Waals surface area contributed by atoms with Crippen molar-refractivity contribution < 1.29 is 4.79 Å². The summed E-state index contributed by atoms with van der Waals surface area (Å²) in [5.41, 5.74) is 8.14. The SMILES string of the molecule is Cc1cccc(-n2c(C)cc(/C=C(/C#N)C(=O)Nc3ccc(C)c(C)c3)c2C)c1. The number of aromatic nitrogens is 1. The van der Waals surface area contributed by atoms with E-state index in [-0.39, 0.29) is 5.57 Å². The lowest BCUT2D eigenvalue weighted by atomic mass is 10.1. The third-order valence-corrected chi connectivity index (χ3v) is 5.16. The fourth-order valence-corrected chi connectivity index (χ4v) is 3.42. The lowest BCUT2D eigenvalue weighted by Gasteiger charge is -2.10. The molecule has 1 amide bonds. The van der Waals surface area contributed by atoms with E-state index in [1.807, 2.05) is 64.1 Å². The molecule has 0 saturated carbocycles. The van der Waals surface area contributed by atoms with Gasteiger partial charge in [-0.05, 0) is 93.3 Å². The summed E-state index contributed by atoms with van der Waals surface area (Å²) < 4.78 is 2.13. The van der Waals surface area contributed by atoms with E-state index >= 15 is 0 Å². The molecule has 146 valence electrons. The number of hydrogen-bond donors (Lipinski definition) is 1. The molecule has 0 aliphatic carbocycles. The van der Waals surface area contributed by atoms with E-state index in [2.05, 4.69) is 35.0 Å². The van der Waals surface area contributed by atoms with Crippen LogP contribution in [0.25, 0.3) is 11.8 Å². The molecule has 0 radical (unpaired) electrons. The molecule has 0 saturated heterocycles. The van der Waals surface area contributed by atoms with Crippen molar-refractivity contribution in [2.75, 3.05) is 5.32 Å². The first-order valence-electron chi connectivity index (χ1n) is 9.56. The van der Waals surface area contributed by atoms with E-state index in [4.69, 9.17) is 0 Å². The summed E-state index contributed by atoms with van der Waals surface area (Å²) in [6, 6.07) is 18.0. The molecule has 0 fully saturated rings. The van der Waals surface area contributed by atoms with Crippen molar-refractivity contribution in [1.29, 1.82) is 5.26 Å². The minimum atomic E-state index is -0.406. The smallest absolute Gasteiger partial charge is 0.266 e. The first-order valence-corrected chi connectivity index (χ1v) is 9.56. The van der Waals surface area contributed by atoms with Gasteiger partial charge in [-0.15, -0.1) is 0 Å². The Kier molecular flexibility index (Phi) is 5.70. The van der Waals surface area contributed by atoms with Gasteiger partial charge >= 0.3 is 0 Å². The van der Waals surface area contributed by atoms with E-state index in [0.29, 0.717) is 5.69 Å². The van der Waals surface area contributed by atoms with Gasteiger partial charge in [-0.3, -0.25) is 4.79 Å². The average molecular weight is 383 g/mol. The molecule has 0 aliphatic heterocycles. The maximum atomic E-state index is 12.7. The van der Waals surface area contributed by atoms with Gasteiger partial charge in [0.25, 0.3) is 5.91 Å². The van der Waals surface area contributed by atoms with Crippen LogP contribution in [0.1, 0.15) is 33.6 Å². The number of nitrogens with one attached hydrogen (secondary N) is 1. The first kappa shape index (κ1) is 20.2. The van der Waals surface area contributed by atoms with Gasteiger partial charge in [-0.2, -0.15) is 5.26 Å². The van der Waals surface area contributed by atoms with E-state index in [0.717, 1.165) is 33.8 Å². The third kappa shape index (κ3) is 4.30. The van der Waals surface area contributed by atoms with E-state index in [1.54, 1.807) is 6.08 Å². The van der Waals surface area contributed by atoms with Crippen LogP contribution in [0.5, 0.6) is 0 Å². The zero-order valence-corrected chi connectivity index (χ0v) is 17.5. The number of hydrogen-bond acceptors (Lipinski definition) is 2. The van der Waals surface area contributed by atoms with E-state index in [1.165, 1.54) is 5.56 Å².